The first kappa shape index (κ1) is 25.0. The molecule has 5 rings (SSSR count). The number of fused-ring (bicyclic) bond motifs is 1. The maximum Gasteiger partial charge on any atom is 0.267 e. The third-order valence-electron chi connectivity index (χ3n) is 7.38. The lowest BCUT2D eigenvalue weighted by atomic mass is 9.54. The molecular formula is C25H25F2N7O2S. The summed E-state index contributed by atoms with van der Waals surface area (Å²) in [6.07, 6.45) is 4.57. The van der Waals surface area contributed by atoms with E-state index in [-0.39, 0.29) is 33.7 Å². The second kappa shape index (κ2) is 8.44. The maximum atomic E-state index is 14.5. The van der Waals surface area contributed by atoms with Crippen LogP contribution in [0.2, 0.25) is 0 Å². The molecule has 2 atom stereocenters. The van der Waals surface area contributed by atoms with Crippen LogP contribution < -0.4 is 0 Å². The van der Waals surface area contributed by atoms with E-state index in [0.717, 1.165) is 18.2 Å². The molecule has 0 spiro atoms. The van der Waals surface area contributed by atoms with Crippen molar-refractivity contribution in [3.63, 3.8) is 0 Å². The van der Waals surface area contributed by atoms with Gasteiger partial charge in [-0.2, -0.15) is 9.78 Å². The summed E-state index contributed by atoms with van der Waals surface area (Å²) in [6.45, 7) is 8.27. The molecule has 0 N–H and O–H groups in total. The third kappa shape index (κ3) is 3.99. The van der Waals surface area contributed by atoms with Gasteiger partial charge in [-0.25, -0.2) is 32.2 Å². The van der Waals surface area contributed by atoms with E-state index in [1.807, 2.05) is 6.92 Å². The molecule has 37 heavy (non-hydrogen) atoms. The molecule has 0 fully saturated rings. The van der Waals surface area contributed by atoms with Gasteiger partial charge in [0.1, 0.15) is 18.0 Å². The Hall–Kier alpha value is -3.67. The van der Waals surface area contributed by atoms with E-state index in [1.54, 1.807) is 18.3 Å². The fraction of sp³-hybridized carbons (Fsp3) is 0.360. The monoisotopic (exact) mass is 525 g/mol. The van der Waals surface area contributed by atoms with E-state index >= 15 is 0 Å². The highest BCUT2D eigenvalue weighted by Crippen LogP contribution is 2.56. The van der Waals surface area contributed by atoms with Crippen molar-refractivity contribution in [3.8, 4) is 17.2 Å². The number of benzene rings is 1. The Morgan fingerprint density at radius 1 is 1.05 bits per heavy atom. The van der Waals surface area contributed by atoms with E-state index in [2.05, 4.69) is 46.0 Å². The second-order valence-corrected chi connectivity index (χ2v) is 12.1. The average Bonchev–Trinajstić information content (AvgIpc) is 3.34. The molecule has 0 radical (unpaired) electrons. The molecule has 0 amide bonds. The van der Waals surface area contributed by atoms with Crippen LogP contribution in [0.25, 0.3) is 17.2 Å². The fourth-order valence-electron chi connectivity index (χ4n) is 5.15. The van der Waals surface area contributed by atoms with Gasteiger partial charge in [0.2, 0.25) is 9.84 Å². The van der Waals surface area contributed by atoms with Crippen LogP contribution in [-0.4, -0.2) is 49.6 Å². The molecule has 1 aliphatic carbocycles. The molecule has 3 aromatic heterocycles. The molecule has 3 heterocycles. The number of sulfone groups is 1. The van der Waals surface area contributed by atoms with Gasteiger partial charge in [-0.15, -0.1) is 10.2 Å². The van der Waals surface area contributed by atoms with Crippen molar-refractivity contribution in [1.29, 1.82) is 0 Å². The summed E-state index contributed by atoms with van der Waals surface area (Å²) < 4.78 is 53.9. The lowest BCUT2D eigenvalue weighted by Gasteiger charge is -2.49. The fourth-order valence-corrected chi connectivity index (χ4v) is 5.63. The van der Waals surface area contributed by atoms with Crippen molar-refractivity contribution in [2.45, 2.75) is 50.6 Å². The minimum atomic E-state index is -3.60. The topological polar surface area (TPSA) is 116 Å². The minimum Gasteiger partial charge on any atom is -0.221 e. The number of hydrogen-bond acceptors (Lipinski definition) is 8. The van der Waals surface area contributed by atoms with Crippen molar-refractivity contribution in [2.24, 2.45) is 5.41 Å². The summed E-state index contributed by atoms with van der Waals surface area (Å²) in [5.41, 5.74) is 0.880. The van der Waals surface area contributed by atoms with Crippen LogP contribution in [0, 0.1) is 17.0 Å². The van der Waals surface area contributed by atoms with Crippen molar-refractivity contribution < 1.29 is 17.2 Å². The van der Waals surface area contributed by atoms with Crippen LogP contribution in [0.3, 0.4) is 0 Å². The van der Waals surface area contributed by atoms with Gasteiger partial charge in [0.15, 0.2) is 0 Å². The minimum absolute atomic E-state index is 0.0381. The first-order chi connectivity index (χ1) is 17.3. The van der Waals surface area contributed by atoms with Gasteiger partial charge >= 0.3 is 0 Å². The van der Waals surface area contributed by atoms with Gasteiger partial charge in [-0.3, -0.25) is 0 Å². The van der Waals surface area contributed by atoms with Crippen LogP contribution in [0.5, 0.6) is 0 Å². The van der Waals surface area contributed by atoms with Gasteiger partial charge in [0.05, 0.1) is 28.1 Å². The Labute approximate surface area is 213 Å². The van der Waals surface area contributed by atoms with Gasteiger partial charge in [0.25, 0.3) is 11.1 Å². The quantitative estimate of drug-likeness (QED) is 0.392. The first-order valence-electron chi connectivity index (χ1n) is 11.6. The molecule has 1 aromatic carbocycles. The molecule has 0 unspecified atom stereocenters. The van der Waals surface area contributed by atoms with Crippen LogP contribution in [0.15, 0.2) is 48.0 Å². The van der Waals surface area contributed by atoms with Gasteiger partial charge in [0, 0.05) is 12.5 Å². The first-order valence-corrected chi connectivity index (χ1v) is 13.5. The summed E-state index contributed by atoms with van der Waals surface area (Å²) in [4.78, 5) is 12.8. The molecule has 0 bridgehead atoms. The Morgan fingerprint density at radius 3 is 2.41 bits per heavy atom. The van der Waals surface area contributed by atoms with Crippen molar-refractivity contribution in [2.75, 3.05) is 6.26 Å². The summed E-state index contributed by atoms with van der Waals surface area (Å²) in [7, 11) is -3.60. The predicted octanol–water partition coefficient (Wildman–Crippen LogP) is 4.04. The van der Waals surface area contributed by atoms with Gasteiger partial charge < -0.3 is 0 Å². The summed E-state index contributed by atoms with van der Waals surface area (Å²) >= 11 is 0. The Balaban J connectivity index is 1.67. The zero-order valence-electron chi connectivity index (χ0n) is 20.9. The predicted molar refractivity (Wildman–Crippen MR) is 131 cm³/mol. The summed E-state index contributed by atoms with van der Waals surface area (Å²) in [6, 6.07) is 7.17. The number of rotatable bonds is 4. The molecule has 4 aromatic rings. The number of hydrogen-bond donors (Lipinski definition) is 0. The highest BCUT2D eigenvalue weighted by molar-refractivity contribution is 7.90. The largest absolute Gasteiger partial charge is 0.267 e. The Bertz CT molecular complexity index is 1620. The van der Waals surface area contributed by atoms with E-state index < -0.39 is 26.9 Å². The van der Waals surface area contributed by atoms with Gasteiger partial charge in [-0.1, -0.05) is 26.8 Å². The van der Waals surface area contributed by atoms with Crippen molar-refractivity contribution in [1.82, 2.24) is 34.9 Å². The van der Waals surface area contributed by atoms with E-state index in [9.17, 15) is 17.2 Å². The molecule has 9 nitrogen and oxygen atoms in total. The number of aromatic nitrogens is 7. The molecular weight excluding hydrogens is 500 g/mol. The Kier molecular flexibility index (Phi) is 5.70. The molecule has 0 aliphatic heterocycles. The highest BCUT2D eigenvalue weighted by Gasteiger charge is 2.52. The van der Waals surface area contributed by atoms with Crippen LogP contribution in [-0.2, 0) is 15.3 Å². The van der Waals surface area contributed by atoms with Crippen LogP contribution >= 0.6 is 0 Å². The van der Waals surface area contributed by atoms with Crippen LogP contribution in [0.1, 0.15) is 57.0 Å². The zero-order chi connectivity index (χ0) is 26.8. The van der Waals surface area contributed by atoms with E-state index in [1.165, 1.54) is 29.2 Å². The van der Waals surface area contributed by atoms with E-state index in [4.69, 9.17) is 4.98 Å². The SMILES string of the molecule is C[C@@H]1CC(C)(C)[C@@](C)(c2ccnc(-n3cnc(S(C)(=O)=O)n3)n2)c2nnc(-c3c(F)cccc3F)cc21. The normalized spacial score (nSPS) is 21.0. The second-order valence-electron chi connectivity index (χ2n) is 10.2. The molecule has 192 valence electrons. The zero-order valence-corrected chi connectivity index (χ0v) is 21.8. The van der Waals surface area contributed by atoms with Crippen molar-refractivity contribution >= 4 is 9.84 Å². The maximum absolute atomic E-state index is 14.5. The third-order valence-corrected chi connectivity index (χ3v) is 8.23. The number of nitrogens with zero attached hydrogens (tertiary/aromatic N) is 7. The molecule has 1 aliphatic rings. The van der Waals surface area contributed by atoms with Gasteiger partial charge in [-0.05, 0) is 54.5 Å². The Morgan fingerprint density at radius 2 is 1.76 bits per heavy atom. The highest BCUT2D eigenvalue weighted by atomic mass is 32.2. The smallest absolute Gasteiger partial charge is 0.221 e. The standard InChI is InChI=1S/C25H25F2N7O2S/c1-14-12-24(2,3)25(4,19-9-10-28-22(30-19)34-13-29-23(33-34)37(5,35)36)21-15(14)11-18(31-32-21)20-16(26)7-6-8-17(20)27/h6-11,13-14H,12H2,1-5H3/t14-,25+/m1/s1. The van der Waals surface area contributed by atoms with E-state index in [0.29, 0.717) is 11.4 Å². The summed E-state index contributed by atoms with van der Waals surface area (Å²) in [5.74, 6) is -1.23. The molecule has 0 saturated carbocycles. The lowest BCUT2D eigenvalue weighted by Crippen LogP contribution is -2.47. The van der Waals surface area contributed by atoms with Crippen molar-refractivity contribution in [3.05, 3.63) is 71.4 Å². The average molecular weight is 526 g/mol. The lowest BCUT2D eigenvalue weighted by molar-refractivity contribution is 0.158. The molecule has 0 saturated heterocycles. The molecule has 12 heteroatoms. The summed E-state index contributed by atoms with van der Waals surface area (Å²) in [5, 5.41) is 12.5. The van der Waals surface area contributed by atoms with Crippen LogP contribution in [0.4, 0.5) is 8.78 Å². The number of halogens is 2.